The van der Waals surface area contributed by atoms with Crippen molar-refractivity contribution in [3.63, 3.8) is 0 Å². The average molecular weight is 548 g/mol. The lowest BCUT2D eigenvalue weighted by molar-refractivity contribution is -0.135. The largest absolute Gasteiger partial charge is 0.480 e. The van der Waals surface area contributed by atoms with E-state index in [4.69, 9.17) is 16.6 Å². The molecule has 3 amide bonds. The number of aliphatic hydroxyl groups excluding tert-OH is 1. The highest BCUT2D eigenvalue weighted by Crippen LogP contribution is 2.23. The van der Waals surface area contributed by atoms with Crippen molar-refractivity contribution in [2.24, 2.45) is 11.5 Å². The monoisotopic (exact) mass is 547 g/mol. The lowest BCUT2D eigenvalue weighted by Crippen LogP contribution is -2.49. The van der Waals surface area contributed by atoms with Crippen LogP contribution < -0.4 is 27.0 Å². The molecule has 0 radical (unpaired) electrons. The second-order valence-corrected chi connectivity index (χ2v) is 9.16. The summed E-state index contributed by atoms with van der Waals surface area (Å²) >= 11 is 0. The number of fused-ring (bicyclic) bond motifs is 1. The van der Waals surface area contributed by atoms with Crippen molar-refractivity contribution < 1.29 is 29.4 Å². The van der Waals surface area contributed by atoms with Crippen LogP contribution in [0.3, 0.4) is 0 Å². The van der Waals surface area contributed by atoms with Crippen molar-refractivity contribution in [2.45, 2.75) is 32.0 Å². The molecule has 0 spiro atoms. The molecule has 1 aliphatic heterocycles. The van der Waals surface area contributed by atoms with Crippen LogP contribution in [0, 0.1) is 0 Å². The third kappa shape index (κ3) is 7.96. The van der Waals surface area contributed by atoms with Crippen LogP contribution in [-0.4, -0.2) is 59.1 Å². The summed E-state index contributed by atoms with van der Waals surface area (Å²) in [7, 11) is 0. The third-order valence-electron chi connectivity index (χ3n) is 6.16. The normalized spacial score (nSPS) is 13.0. The van der Waals surface area contributed by atoms with Gasteiger partial charge in [0.15, 0.2) is 0 Å². The highest BCUT2D eigenvalue weighted by atomic mass is 16.4. The molecule has 40 heavy (non-hydrogen) atoms. The first kappa shape index (κ1) is 30.0. The predicted octanol–water partition coefficient (Wildman–Crippen LogP) is 1.50. The molecule has 3 aromatic rings. The Balaban J connectivity index is 0.000000222. The molecule has 0 fully saturated rings. The predicted molar refractivity (Wildman–Crippen MR) is 151 cm³/mol. The summed E-state index contributed by atoms with van der Waals surface area (Å²) in [6, 6.07) is 19.7. The zero-order valence-electron chi connectivity index (χ0n) is 22.0. The zero-order chi connectivity index (χ0) is 29.2. The van der Waals surface area contributed by atoms with Gasteiger partial charge in [0.2, 0.25) is 5.91 Å². The van der Waals surface area contributed by atoms with Crippen molar-refractivity contribution in [3.8, 4) is 0 Å². The summed E-state index contributed by atoms with van der Waals surface area (Å²) in [6.07, 6.45) is -0.0715. The molecule has 0 bridgehead atoms. The van der Waals surface area contributed by atoms with E-state index < -0.39 is 36.5 Å². The first-order valence-corrected chi connectivity index (χ1v) is 12.6. The number of carboxylic acid groups (broad SMARTS) is 1. The van der Waals surface area contributed by atoms with Gasteiger partial charge in [-0.2, -0.15) is 0 Å². The number of nitrogens with zero attached hydrogens (tertiary/aromatic N) is 1. The Morgan fingerprint density at radius 3 is 2.38 bits per heavy atom. The summed E-state index contributed by atoms with van der Waals surface area (Å²) < 4.78 is 0. The molecule has 4 rings (SSSR count). The fourth-order valence-electron chi connectivity index (χ4n) is 3.92. The van der Waals surface area contributed by atoms with Gasteiger partial charge >= 0.3 is 5.97 Å². The maximum absolute atomic E-state index is 12.5. The number of rotatable bonds is 8. The van der Waals surface area contributed by atoms with Gasteiger partial charge in [-0.1, -0.05) is 36.4 Å². The minimum absolute atomic E-state index is 0.328. The van der Waals surface area contributed by atoms with Gasteiger partial charge in [-0.05, 0) is 60.9 Å². The maximum atomic E-state index is 12.5. The molecule has 2 atom stereocenters. The van der Waals surface area contributed by atoms with E-state index in [1.165, 1.54) is 11.8 Å². The summed E-state index contributed by atoms with van der Waals surface area (Å²) in [4.78, 5) is 48.3. The Bertz CT molecular complexity index is 1360. The van der Waals surface area contributed by atoms with Crippen LogP contribution in [0.4, 0.5) is 11.4 Å². The number of nitrogens with one attached hydrogen (secondary N) is 2. The van der Waals surface area contributed by atoms with Gasteiger partial charge in [0.1, 0.15) is 12.6 Å². The van der Waals surface area contributed by atoms with Crippen LogP contribution >= 0.6 is 0 Å². The number of anilines is 2. The van der Waals surface area contributed by atoms with Crippen molar-refractivity contribution in [1.82, 2.24) is 5.32 Å². The molecule has 0 aliphatic carbocycles. The van der Waals surface area contributed by atoms with Crippen LogP contribution in [0.15, 0.2) is 72.8 Å². The Morgan fingerprint density at radius 1 is 1.00 bits per heavy atom. The molecule has 0 aromatic heterocycles. The van der Waals surface area contributed by atoms with Gasteiger partial charge in [0.05, 0.1) is 6.10 Å². The number of carboxylic acids is 1. The first-order chi connectivity index (χ1) is 19.1. The quantitative estimate of drug-likeness (QED) is 0.243. The molecular weight excluding hydrogens is 514 g/mol. The number of aliphatic hydroxyl groups is 1. The molecule has 8 N–H and O–H groups in total. The van der Waals surface area contributed by atoms with Crippen LogP contribution in [0.2, 0.25) is 0 Å². The molecule has 210 valence electrons. The number of imide groups is 1. The number of carbonyl (C=O) groups excluding carboxylic acids is 3. The minimum atomic E-state index is -1.11. The summed E-state index contributed by atoms with van der Waals surface area (Å²) in [6.45, 7) is 2.18. The second-order valence-electron chi connectivity index (χ2n) is 9.16. The number of benzene rings is 3. The molecule has 3 aromatic carbocycles. The highest BCUT2D eigenvalue weighted by Gasteiger charge is 2.22. The Morgan fingerprint density at radius 2 is 1.73 bits per heavy atom. The van der Waals surface area contributed by atoms with E-state index in [9.17, 15) is 24.3 Å². The number of carbonyl (C=O) groups is 4. The zero-order valence-corrected chi connectivity index (χ0v) is 22.0. The van der Waals surface area contributed by atoms with Crippen LogP contribution in [-0.2, 0) is 22.6 Å². The van der Waals surface area contributed by atoms with Gasteiger partial charge < -0.3 is 27.0 Å². The summed E-state index contributed by atoms with van der Waals surface area (Å²) in [5.41, 5.74) is 15.3. The van der Waals surface area contributed by atoms with Gasteiger partial charge in [-0.3, -0.25) is 29.4 Å². The molecule has 1 aliphatic rings. The molecule has 1 heterocycles. The molecule has 0 saturated heterocycles. The van der Waals surface area contributed by atoms with Gasteiger partial charge in [0.25, 0.3) is 11.8 Å². The third-order valence-corrected chi connectivity index (χ3v) is 6.16. The Labute approximate surface area is 231 Å². The highest BCUT2D eigenvalue weighted by molar-refractivity contribution is 6.08. The molecule has 11 heteroatoms. The van der Waals surface area contributed by atoms with Crippen LogP contribution in [0.25, 0.3) is 0 Å². The maximum Gasteiger partial charge on any atom is 0.323 e. The van der Waals surface area contributed by atoms with E-state index in [1.807, 2.05) is 12.1 Å². The Kier molecular flexibility index (Phi) is 10.5. The summed E-state index contributed by atoms with van der Waals surface area (Å²) in [5.74, 6) is -2.63. The number of nitrogens with two attached hydrogens (primary N) is 2. The first-order valence-electron chi connectivity index (χ1n) is 12.6. The van der Waals surface area contributed by atoms with E-state index in [0.29, 0.717) is 23.4 Å². The fraction of sp³-hybridized carbons (Fsp3) is 0.241. The standard InChI is InChI=1S/C16H16N2O3.C13H17N3O3/c17-10-12-5-4-8-14(9-12)18(11-15(19)20)16(21)13-6-2-1-3-7-13;1-7(17)11(14)13(19)16-12(18)9-3-2-8-4-5-15-10(8)6-9/h1-9H,10-11,17H2,(H,19,20);2-3,6-7,11,15,17H,4-5,14H2,1H3,(H,16,18,19)/t;7-,11+/m.1/s1. The Hall–Kier alpha value is -4.58. The van der Waals surface area contributed by atoms with Crippen molar-refractivity contribution in [1.29, 1.82) is 0 Å². The topological polar surface area (TPSA) is 188 Å². The molecular formula is C29H33N5O6. The van der Waals surface area contributed by atoms with Gasteiger partial charge in [-0.25, -0.2) is 0 Å². The molecule has 11 nitrogen and oxygen atoms in total. The van der Waals surface area contributed by atoms with Gasteiger partial charge in [0, 0.05) is 35.6 Å². The lowest BCUT2D eigenvalue weighted by Gasteiger charge is -2.21. The number of hydrogen-bond donors (Lipinski definition) is 6. The van der Waals surface area contributed by atoms with Crippen molar-refractivity contribution >= 4 is 35.1 Å². The van der Waals surface area contributed by atoms with Crippen molar-refractivity contribution in [2.75, 3.05) is 23.3 Å². The average Bonchev–Trinajstić information content (AvgIpc) is 3.44. The smallest absolute Gasteiger partial charge is 0.323 e. The molecule has 0 unspecified atom stereocenters. The molecule has 0 saturated carbocycles. The minimum Gasteiger partial charge on any atom is -0.480 e. The van der Waals surface area contributed by atoms with E-state index in [0.717, 1.165) is 29.8 Å². The van der Waals surface area contributed by atoms with Gasteiger partial charge in [-0.15, -0.1) is 0 Å². The van der Waals surface area contributed by atoms with Crippen LogP contribution in [0.1, 0.15) is 38.8 Å². The lowest BCUT2D eigenvalue weighted by atomic mass is 10.1. The van der Waals surface area contributed by atoms with Crippen molar-refractivity contribution in [3.05, 3.63) is 95.1 Å². The number of hydrogen-bond acceptors (Lipinski definition) is 8. The number of aliphatic carboxylic acids is 1. The second kappa shape index (κ2) is 14.0. The van der Waals surface area contributed by atoms with E-state index in [-0.39, 0.29) is 5.91 Å². The fourth-order valence-corrected chi connectivity index (χ4v) is 3.92. The van der Waals surface area contributed by atoms with E-state index >= 15 is 0 Å². The van der Waals surface area contributed by atoms with Crippen LogP contribution in [0.5, 0.6) is 0 Å². The number of amides is 3. The SMILES string of the molecule is C[C@@H](O)[C@H](N)C(=O)NC(=O)c1ccc2c(c1)NCC2.NCc1cccc(N(CC(=O)O)C(=O)c2ccccc2)c1. The van der Waals surface area contributed by atoms with E-state index in [2.05, 4.69) is 10.6 Å². The van der Waals surface area contributed by atoms with E-state index in [1.54, 1.807) is 60.7 Å². The summed E-state index contributed by atoms with van der Waals surface area (Å²) in [5, 5.41) is 23.6.